The molecule has 5 nitrogen and oxygen atoms in total. The first-order valence-electron chi connectivity index (χ1n) is 4.47. The van der Waals surface area contributed by atoms with E-state index >= 15 is 0 Å². The molecule has 0 saturated carbocycles. The highest BCUT2D eigenvalue weighted by molar-refractivity contribution is 6.29. The molecular formula is C9H9ClF2N2O3. The predicted molar refractivity (Wildman–Crippen MR) is 56.7 cm³/mol. The summed E-state index contributed by atoms with van der Waals surface area (Å²) in [5, 5.41) is 19.1. The van der Waals surface area contributed by atoms with Crippen LogP contribution in [0.3, 0.4) is 0 Å². The standard InChI is InChI=1S/C9H9ClF2N2O3/c10-6-1-5(8(16)17)2-7(14-6)13-3-9(11,12)4-15/h1-2,15H,3-4H2,(H,13,14)(H,16,17). The third-order valence-corrected chi connectivity index (χ3v) is 1.99. The van der Waals surface area contributed by atoms with E-state index in [9.17, 15) is 13.6 Å². The molecule has 1 heterocycles. The minimum atomic E-state index is -3.31. The Balaban J connectivity index is 2.81. The fraction of sp³-hybridized carbons (Fsp3) is 0.333. The van der Waals surface area contributed by atoms with Gasteiger partial charge in [-0.1, -0.05) is 11.6 Å². The van der Waals surface area contributed by atoms with Crippen molar-refractivity contribution in [1.82, 2.24) is 4.98 Å². The number of alkyl halides is 2. The molecule has 0 spiro atoms. The monoisotopic (exact) mass is 266 g/mol. The van der Waals surface area contributed by atoms with Crippen molar-refractivity contribution >= 4 is 23.4 Å². The van der Waals surface area contributed by atoms with E-state index in [0.717, 1.165) is 12.1 Å². The number of carboxylic acids is 1. The van der Waals surface area contributed by atoms with Gasteiger partial charge < -0.3 is 15.5 Å². The second-order valence-corrected chi connectivity index (χ2v) is 3.62. The number of nitrogens with zero attached hydrogens (tertiary/aromatic N) is 1. The smallest absolute Gasteiger partial charge is 0.335 e. The highest BCUT2D eigenvalue weighted by Crippen LogP contribution is 2.17. The van der Waals surface area contributed by atoms with E-state index in [1.54, 1.807) is 0 Å². The Kier molecular flexibility index (Phi) is 4.19. The van der Waals surface area contributed by atoms with Crippen LogP contribution in [0.4, 0.5) is 14.6 Å². The summed E-state index contributed by atoms with van der Waals surface area (Å²) in [5.74, 6) is -4.65. The number of hydrogen-bond donors (Lipinski definition) is 3. The summed E-state index contributed by atoms with van der Waals surface area (Å²) in [6, 6.07) is 2.17. The molecule has 0 aliphatic rings. The predicted octanol–water partition coefficient (Wildman–Crippen LogP) is 1.47. The number of aliphatic hydroxyl groups excluding tert-OH is 1. The second-order valence-electron chi connectivity index (χ2n) is 3.24. The molecule has 0 saturated heterocycles. The highest BCUT2D eigenvalue weighted by atomic mass is 35.5. The molecule has 0 fully saturated rings. The van der Waals surface area contributed by atoms with Crippen LogP contribution in [0, 0.1) is 0 Å². The van der Waals surface area contributed by atoms with Gasteiger partial charge in [0.15, 0.2) is 0 Å². The van der Waals surface area contributed by atoms with Gasteiger partial charge in [0, 0.05) is 0 Å². The molecule has 0 radical (unpaired) electrons. The summed E-state index contributed by atoms with van der Waals surface area (Å²) in [5.41, 5.74) is -0.167. The topological polar surface area (TPSA) is 82.5 Å². The first-order valence-corrected chi connectivity index (χ1v) is 4.85. The Morgan fingerprint density at radius 1 is 1.53 bits per heavy atom. The molecule has 0 unspecified atom stereocenters. The lowest BCUT2D eigenvalue weighted by molar-refractivity contribution is -0.0373. The zero-order chi connectivity index (χ0) is 13.1. The fourth-order valence-corrected chi connectivity index (χ4v) is 1.20. The third-order valence-electron chi connectivity index (χ3n) is 1.80. The van der Waals surface area contributed by atoms with Gasteiger partial charge in [-0.15, -0.1) is 0 Å². The van der Waals surface area contributed by atoms with Crippen molar-refractivity contribution in [2.24, 2.45) is 0 Å². The van der Waals surface area contributed by atoms with Crippen LogP contribution < -0.4 is 5.32 Å². The Morgan fingerprint density at radius 3 is 2.71 bits per heavy atom. The molecule has 1 aromatic heterocycles. The number of aromatic carboxylic acids is 1. The summed E-state index contributed by atoms with van der Waals surface area (Å²) in [4.78, 5) is 14.3. The zero-order valence-electron chi connectivity index (χ0n) is 8.45. The average molecular weight is 267 g/mol. The molecule has 0 amide bonds. The van der Waals surface area contributed by atoms with Crippen LogP contribution in [0.15, 0.2) is 12.1 Å². The number of aromatic nitrogens is 1. The summed E-state index contributed by atoms with van der Waals surface area (Å²) in [7, 11) is 0. The Bertz CT molecular complexity index is 429. The maximum Gasteiger partial charge on any atom is 0.335 e. The van der Waals surface area contributed by atoms with Crippen LogP contribution in [-0.2, 0) is 0 Å². The number of pyridine rings is 1. The lowest BCUT2D eigenvalue weighted by Gasteiger charge is -2.14. The van der Waals surface area contributed by atoms with Gasteiger partial charge >= 0.3 is 5.97 Å². The van der Waals surface area contributed by atoms with Crippen LogP contribution in [0.1, 0.15) is 10.4 Å². The maximum atomic E-state index is 12.7. The van der Waals surface area contributed by atoms with E-state index in [0.29, 0.717) is 0 Å². The number of carbonyl (C=O) groups is 1. The van der Waals surface area contributed by atoms with Crippen LogP contribution in [0.2, 0.25) is 5.15 Å². The largest absolute Gasteiger partial charge is 0.478 e. The van der Waals surface area contributed by atoms with Gasteiger partial charge in [0.25, 0.3) is 5.92 Å². The van der Waals surface area contributed by atoms with Crippen molar-refractivity contribution in [3.05, 3.63) is 22.8 Å². The number of nitrogens with one attached hydrogen (secondary N) is 1. The number of carboxylic acid groups (broad SMARTS) is 1. The Labute approximate surface area is 100 Å². The lowest BCUT2D eigenvalue weighted by atomic mass is 10.2. The molecule has 0 aliphatic heterocycles. The number of rotatable bonds is 5. The molecular weight excluding hydrogens is 258 g/mol. The molecule has 1 rings (SSSR count). The zero-order valence-corrected chi connectivity index (χ0v) is 9.21. The summed E-state index contributed by atoms with van der Waals surface area (Å²) in [6.45, 7) is -2.18. The molecule has 0 atom stereocenters. The normalized spacial score (nSPS) is 11.3. The van der Waals surface area contributed by atoms with Gasteiger partial charge in [0.05, 0.1) is 12.1 Å². The van der Waals surface area contributed by atoms with Gasteiger partial charge in [-0.25, -0.2) is 18.6 Å². The quantitative estimate of drug-likeness (QED) is 0.703. The summed E-state index contributed by atoms with van der Waals surface area (Å²) in [6.07, 6.45) is 0. The minimum absolute atomic E-state index is 0.0944. The van der Waals surface area contributed by atoms with Gasteiger partial charge in [-0.2, -0.15) is 0 Å². The van der Waals surface area contributed by atoms with E-state index in [1.807, 2.05) is 0 Å². The van der Waals surface area contributed by atoms with Gasteiger partial charge in [0.2, 0.25) is 0 Å². The van der Waals surface area contributed by atoms with Crippen LogP contribution >= 0.6 is 11.6 Å². The van der Waals surface area contributed by atoms with Crippen molar-refractivity contribution in [1.29, 1.82) is 0 Å². The number of anilines is 1. The molecule has 0 aromatic carbocycles. The van der Waals surface area contributed by atoms with E-state index in [1.165, 1.54) is 0 Å². The Hall–Kier alpha value is -1.47. The first-order chi connectivity index (χ1) is 7.84. The summed E-state index contributed by atoms with van der Waals surface area (Å²) >= 11 is 5.53. The van der Waals surface area contributed by atoms with E-state index < -0.39 is 25.0 Å². The highest BCUT2D eigenvalue weighted by Gasteiger charge is 2.27. The number of halogens is 3. The maximum absolute atomic E-state index is 12.7. The van der Waals surface area contributed by atoms with Gasteiger partial charge in [0.1, 0.15) is 17.6 Å². The first kappa shape index (κ1) is 13.6. The van der Waals surface area contributed by atoms with Gasteiger partial charge in [-0.3, -0.25) is 0 Å². The molecule has 0 aliphatic carbocycles. The fourth-order valence-electron chi connectivity index (χ4n) is 0.987. The second kappa shape index (κ2) is 5.24. The van der Waals surface area contributed by atoms with Crippen molar-refractivity contribution in [3.63, 3.8) is 0 Å². The van der Waals surface area contributed by atoms with Crippen molar-refractivity contribution in [2.45, 2.75) is 5.92 Å². The SMILES string of the molecule is O=C(O)c1cc(Cl)nc(NCC(F)(F)CO)c1. The van der Waals surface area contributed by atoms with E-state index in [-0.39, 0.29) is 16.5 Å². The minimum Gasteiger partial charge on any atom is -0.478 e. The van der Waals surface area contributed by atoms with Crippen molar-refractivity contribution in [2.75, 3.05) is 18.5 Å². The van der Waals surface area contributed by atoms with Crippen molar-refractivity contribution in [3.8, 4) is 0 Å². The van der Waals surface area contributed by atoms with E-state index in [4.69, 9.17) is 21.8 Å². The van der Waals surface area contributed by atoms with Crippen LogP contribution in [0.25, 0.3) is 0 Å². The lowest BCUT2D eigenvalue weighted by Crippen LogP contribution is -2.31. The molecule has 0 bridgehead atoms. The summed E-state index contributed by atoms with van der Waals surface area (Å²) < 4.78 is 25.4. The molecule has 8 heteroatoms. The molecule has 17 heavy (non-hydrogen) atoms. The van der Waals surface area contributed by atoms with Crippen molar-refractivity contribution < 1.29 is 23.8 Å². The van der Waals surface area contributed by atoms with Crippen LogP contribution in [0.5, 0.6) is 0 Å². The molecule has 3 N–H and O–H groups in total. The van der Waals surface area contributed by atoms with E-state index in [2.05, 4.69) is 10.3 Å². The number of aliphatic hydroxyl groups is 1. The number of hydrogen-bond acceptors (Lipinski definition) is 4. The van der Waals surface area contributed by atoms with Gasteiger partial charge in [-0.05, 0) is 12.1 Å². The third kappa shape index (κ3) is 4.12. The Morgan fingerprint density at radius 2 is 2.18 bits per heavy atom. The van der Waals surface area contributed by atoms with Crippen LogP contribution in [-0.4, -0.2) is 40.2 Å². The average Bonchev–Trinajstić information content (AvgIpc) is 2.26. The molecule has 1 aromatic rings. The molecule has 94 valence electrons.